The first kappa shape index (κ1) is 17.0. The molecule has 0 atom stereocenters. The van der Waals surface area contributed by atoms with E-state index in [-0.39, 0.29) is 11.3 Å². The van der Waals surface area contributed by atoms with Crippen molar-refractivity contribution in [3.8, 4) is 33.2 Å². The second kappa shape index (κ2) is 6.47. The van der Waals surface area contributed by atoms with Gasteiger partial charge in [0.25, 0.3) is 5.56 Å². The first-order valence-corrected chi connectivity index (χ1v) is 10.2. The molecule has 0 bridgehead atoms. The number of thiophene rings is 2. The van der Waals surface area contributed by atoms with Gasteiger partial charge < -0.3 is 14.8 Å². The van der Waals surface area contributed by atoms with E-state index in [9.17, 15) is 9.90 Å². The Balaban J connectivity index is 1.96. The van der Waals surface area contributed by atoms with Crippen LogP contribution in [-0.2, 0) is 0 Å². The van der Waals surface area contributed by atoms with Crippen LogP contribution in [0.4, 0.5) is 0 Å². The summed E-state index contributed by atoms with van der Waals surface area (Å²) in [5.41, 5.74) is 2.89. The Bertz CT molecular complexity index is 1380. The average molecular weight is 406 g/mol. The van der Waals surface area contributed by atoms with E-state index in [2.05, 4.69) is 4.98 Å². The number of nitrogens with zero attached hydrogens (tertiary/aromatic N) is 1. The van der Waals surface area contributed by atoms with Gasteiger partial charge in [-0.2, -0.15) is 0 Å². The van der Waals surface area contributed by atoms with Crippen molar-refractivity contribution in [2.24, 2.45) is 0 Å². The summed E-state index contributed by atoms with van der Waals surface area (Å²) in [5, 5.41) is 13.1. The fraction of sp³-hybridized carbons (Fsp3) is 0.0476. The summed E-state index contributed by atoms with van der Waals surface area (Å²) in [7, 11) is 1.64. The topological polar surface area (TPSA) is 75.2 Å². The summed E-state index contributed by atoms with van der Waals surface area (Å²) in [5.74, 6) is 0.694. The van der Waals surface area contributed by atoms with Gasteiger partial charge in [0.05, 0.1) is 27.9 Å². The quantitative estimate of drug-likeness (QED) is 0.429. The maximum Gasteiger partial charge on any atom is 0.252 e. The van der Waals surface area contributed by atoms with Crippen molar-refractivity contribution in [2.45, 2.75) is 0 Å². The van der Waals surface area contributed by atoms with Crippen molar-refractivity contribution < 1.29 is 9.84 Å². The predicted molar refractivity (Wildman–Crippen MR) is 115 cm³/mol. The zero-order valence-electron chi connectivity index (χ0n) is 14.7. The van der Waals surface area contributed by atoms with Crippen LogP contribution in [0.5, 0.6) is 11.5 Å². The van der Waals surface area contributed by atoms with Crippen molar-refractivity contribution in [2.75, 3.05) is 7.11 Å². The Morgan fingerprint density at radius 2 is 1.96 bits per heavy atom. The van der Waals surface area contributed by atoms with Crippen LogP contribution < -0.4 is 10.3 Å². The predicted octanol–water partition coefficient (Wildman–Crippen LogP) is 5.25. The molecule has 2 N–H and O–H groups in total. The Labute approximate surface area is 167 Å². The number of para-hydroxylation sites is 1. The molecule has 0 fully saturated rings. The monoisotopic (exact) mass is 406 g/mol. The number of fused-ring (bicyclic) bond motifs is 3. The van der Waals surface area contributed by atoms with Crippen LogP contribution >= 0.6 is 22.7 Å². The molecule has 0 saturated carbocycles. The summed E-state index contributed by atoms with van der Waals surface area (Å²) in [6.45, 7) is 0. The van der Waals surface area contributed by atoms with Crippen LogP contribution in [0.15, 0.2) is 58.7 Å². The highest BCUT2D eigenvalue weighted by atomic mass is 32.1. The van der Waals surface area contributed by atoms with Gasteiger partial charge in [0.1, 0.15) is 16.3 Å². The summed E-state index contributed by atoms with van der Waals surface area (Å²) in [6.07, 6.45) is 0. The van der Waals surface area contributed by atoms with Crippen molar-refractivity contribution >= 4 is 43.1 Å². The molecule has 4 heterocycles. The van der Waals surface area contributed by atoms with Crippen LogP contribution in [0.1, 0.15) is 0 Å². The van der Waals surface area contributed by atoms with E-state index in [4.69, 9.17) is 9.72 Å². The van der Waals surface area contributed by atoms with Crippen LogP contribution in [0.2, 0.25) is 0 Å². The third-order valence-corrected chi connectivity index (χ3v) is 6.58. The highest BCUT2D eigenvalue weighted by Crippen LogP contribution is 2.44. The molecular weight excluding hydrogens is 392 g/mol. The number of ether oxygens (including phenoxy) is 1. The molecule has 0 spiro atoms. The molecule has 7 heteroatoms. The number of pyridine rings is 2. The van der Waals surface area contributed by atoms with Crippen molar-refractivity contribution in [1.29, 1.82) is 0 Å². The fourth-order valence-electron chi connectivity index (χ4n) is 3.38. The number of benzene rings is 1. The van der Waals surface area contributed by atoms with Gasteiger partial charge in [-0.25, -0.2) is 4.98 Å². The molecular formula is C21H14N2O3S2. The molecule has 0 saturated heterocycles. The minimum absolute atomic E-state index is 0.0367. The second-order valence-corrected chi connectivity index (χ2v) is 8.18. The first-order chi connectivity index (χ1) is 13.7. The number of aromatic amines is 1. The lowest BCUT2D eigenvalue weighted by Crippen LogP contribution is -2.02. The second-order valence-electron chi connectivity index (χ2n) is 6.24. The third-order valence-electron chi connectivity index (χ3n) is 4.58. The summed E-state index contributed by atoms with van der Waals surface area (Å²) < 4.78 is 6.19. The van der Waals surface area contributed by atoms with Crippen molar-refractivity contribution in [3.63, 3.8) is 0 Å². The van der Waals surface area contributed by atoms with Crippen LogP contribution in [0.25, 0.3) is 42.1 Å². The lowest BCUT2D eigenvalue weighted by Gasteiger charge is -2.11. The van der Waals surface area contributed by atoms with E-state index < -0.39 is 0 Å². The maximum atomic E-state index is 12.0. The molecule has 0 aliphatic rings. The van der Waals surface area contributed by atoms with Gasteiger partial charge in [-0.3, -0.25) is 4.79 Å². The van der Waals surface area contributed by atoms with Gasteiger partial charge in [-0.15, -0.1) is 22.7 Å². The Hall–Kier alpha value is -3.16. The smallest absolute Gasteiger partial charge is 0.252 e. The average Bonchev–Trinajstić information content (AvgIpc) is 3.35. The summed E-state index contributed by atoms with van der Waals surface area (Å²) in [4.78, 5) is 21.5. The molecule has 0 aliphatic heterocycles. The summed E-state index contributed by atoms with van der Waals surface area (Å²) >= 11 is 2.98. The van der Waals surface area contributed by atoms with Gasteiger partial charge in [-0.1, -0.05) is 24.3 Å². The molecule has 0 amide bonds. The number of nitrogens with one attached hydrogen (secondary N) is 1. The molecule has 5 rings (SSSR count). The lowest BCUT2D eigenvalue weighted by molar-refractivity contribution is 0.416. The van der Waals surface area contributed by atoms with Crippen LogP contribution in [0.3, 0.4) is 0 Å². The SMILES string of the molecule is COc1ccccc1-c1cc(-c2cccs2)nc2sc3c(O)cc(=O)[nH]c3c12. The number of methoxy groups -OCH3 is 1. The van der Waals surface area contributed by atoms with E-state index in [0.717, 1.165) is 37.7 Å². The first-order valence-electron chi connectivity index (χ1n) is 8.52. The maximum absolute atomic E-state index is 12.0. The van der Waals surface area contributed by atoms with Gasteiger partial charge in [0.2, 0.25) is 0 Å². The number of H-pyrrole nitrogens is 1. The van der Waals surface area contributed by atoms with E-state index in [1.807, 2.05) is 47.8 Å². The Morgan fingerprint density at radius 1 is 1.11 bits per heavy atom. The highest BCUT2D eigenvalue weighted by Gasteiger charge is 2.19. The lowest BCUT2D eigenvalue weighted by atomic mass is 10.0. The number of hydrogen-bond acceptors (Lipinski definition) is 6. The van der Waals surface area contributed by atoms with Gasteiger partial charge in [-0.05, 0) is 29.1 Å². The van der Waals surface area contributed by atoms with E-state index in [1.54, 1.807) is 18.4 Å². The van der Waals surface area contributed by atoms with Crippen LogP contribution in [-0.4, -0.2) is 22.2 Å². The van der Waals surface area contributed by atoms with E-state index >= 15 is 0 Å². The number of aromatic hydroxyl groups is 1. The standard InChI is InChI=1S/C21H14N2O3S2/c1-26-15-6-3-2-5-11(15)12-9-13(16-7-4-8-27-16)22-21-18(12)19-20(28-21)14(24)10-17(25)23-19/h2-10H,1H3,(H2,23,24,25). The Morgan fingerprint density at radius 3 is 2.75 bits per heavy atom. The zero-order chi connectivity index (χ0) is 19.3. The molecule has 0 aliphatic carbocycles. The van der Waals surface area contributed by atoms with E-state index in [1.165, 1.54) is 17.4 Å². The van der Waals surface area contributed by atoms with Crippen molar-refractivity contribution in [3.05, 3.63) is 64.3 Å². The number of aromatic nitrogens is 2. The largest absolute Gasteiger partial charge is 0.506 e. The minimum Gasteiger partial charge on any atom is -0.506 e. The molecule has 1 aromatic carbocycles. The van der Waals surface area contributed by atoms with Gasteiger partial charge >= 0.3 is 0 Å². The number of hydrogen-bond donors (Lipinski definition) is 2. The molecule has 0 radical (unpaired) electrons. The molecule has 5 nitrogen and oxygen atoms in total. The highest BCUT2D eigenvalue weighted by molar-refractivity contribution is 7.25. The summed E-state index contributed by atoms with van der Waals surface area (Å²) in [6, 6.07) is 15.0. The number of rotatable bonds is 3. The van der Waals surface area contributed by atoms with E-state index in [0.29, 0.717) is 10.2 Å². The van der Waals surface area contributed by atoms with Gasteiger partial charge in [0.15, 0.2) is 0 Å². The fourth-order valence-corrected chi connectivity index (χ4v) is 5.13. The third kappa shape index (κ3) is 2.59. The zero-order valence-corrected chi connectivity index (χ0v) is 16.4. The van der Waals surface area contributed by atoms with Crippen molar-refractivity contribution in [1.82, 2.24) is 9.97 Å². The molecule has 28 heavy (non-hydrogen) atoms. The molecule has 5 aromatic rings. The minimum atomic E-state index is -0.349. The molecule has 4 aromatic heterocycles. The normalized spacial score (nSPS) is 11.3. The van der Waals surface area contributed by atoms with Gasteiger partial charge in [0, 0.05) is 17.0 Å². The Kier molecular flexibility index (Phi) is 3.92. The molecule has 138 valence electrons. The molecule has 0 unspecified atom stereocenters. The van der Waals surface area contributed by atoms with Crippen LogP contribution in [0, 0.1) is 0 Å².